The van der Waals surface area contributed by atoms with E-state index in [-0.39, 0.29) is 12.5 Å². The fraction of sp³-hybridized carbons (Fsp3) is 0.533. The van der Waals surface area contributed by atoms with Gasteiger partial charge in [0, 0.05) is 5.56 Å². The number of aliphatic hydroxyl groups excluding tert-OH is 1. The summed E-state index contributed by atoms with van der Waals surface area (Å²) in [6.45, 7) is 1.24. The Kier molecular flexibility index (Phi) is 3.29. The molecule has 1 aliphatic heterocycles. The first-order valence-electron chi connectivity index (χ1n) is 6.85. The second-order valence-corrected chi connectivity index (χ2v) is 5.58. The van der Waals surface area contributed by atoms with Crippen LogP contribution in [-0.2, 0) is 18.0 Å². The first-order valence-corrected chi connectivity index (χ1v) is 6.85. The van der Waals surface area contributed by atoms with Crippen molar-refractivity contribution < 1.29 is 14.6 Å². The molecule has 1 aliphatic carbocycles. The lowest BCUT2D eigenvalue weighted by Gasteiger charge is -2.28. The summed E-state index contributed by atoms with van der Waals surface area (Å²) in [6.07, 6.45) is 3.87. The molecular weight excluding hydrogens is 242 g/mol. The topological polar surface area (TPSA) is 58.6 Å². The second kappa shape index (κ2) is 4.94. The van der Waals surface area contributed by atoms with Crippen molar-refractivity contribution in [1.82, 2.24) is 5.32 Å². The van der Waals surface area contributed by atoms with Crippen LogP contribution in [-0.4, -0.2) is 23.2 Å². The van der Waals surface area contributed by atoms with Gasteiger partial charge < -0.3 is 15.2 Å². The minimum atomic E-state index is -0.410. The summed E-state index contributed by atoms with van der Waals surface area (Å²) >= 11 is 0. The van der Waals surface area contributed by atoms with Crippen LogP contribution in [0, 0.1) is 0 Å². The van der Waals surface area contributed by atoms with Crippen LogP contribution in [0.3, 0.4) is 0 Å². The van der Waals surface area contributed by atoms with Crippen molar-refractivity contribution in [3.8, 4) is 0 Å². The van der Waals surface area contributed by atoms with Crippen LogP contribution in [0.15, 0.2) is 18.2 Å². The van der Waals surface area contributed by atoms with Crippen molar-refractivity contribution >= 4 is 5.91 Å². The minimum absolute atomic E-state index is 0.0206. The second-order valence-electron chi connectivity index (χ2n) is 5.58. The maximum atomic E-state index is 12.3. The maximum absolute atomic E-state index is 12.3. The Hall–Kier alpha value is -1.39. The molecule has 1 heterocycles. The molecular formula is C15H19NO3. The number of nitrogens with one attached hydrogen (secondary N) is 1. The molecule has 0 aromatic heterocycles. The van der Waals surface area contributed by atoms with E-state index in [4.69, 9.17) is 4.74 Å². The number of aliphatic hydroxyl groups is 1. The monoisotopic (exact) mass is 261 g/mol. The van der Waals surface area contributed by atoms with E-state index in [2.05, 4.69) is 5.32 Å². The first kappa shape index (κ1) is 12.6. The van der Waals surface area contributed by atoms with E-state index in [9.17, 15) is 9.90 Å². The van der Waals surface area contributed by atoms with Crippen molar-refractivity contribution in [2.24, 2.45) is 0 Å². The first-order chi connectivity index (χ1) is 9.22. The Morgan fingerprint density at radius 3 is 2.74 bits per heavy atom. The highest BCUT2D eigenvalue weighted by Gasteiger charge is 2.34. The number of benzene rings is 1. The average Bonchev–Trinajstić information content (AvgIpc) is 3.06. The maximum Gasteiger partial charge on any atom is 0.251 e. The van der Waals surface area contributed by atoms with E-state index in [1.807, 2.05) is 18.2 Å². The highest BCUT2D eigenvalue weighted by atomic mass is 16.5. The van der Waals surface area contributed by atoms with E-state index in [0.717, 1.165) is 36.8 Å². The van der Waals surface area contributed by atoms with E-state index in [1.54, 1.807) is 0 Å². The Bertz CT molecular complexity index is 492. The number of fused-ring (bicyclic) bond motifs is 1. The van der Waals surface area contributed by atoms with E-state index in [0.29, 0.717) is 18.8 Å². The summed E-state index contributed by atoms with van der Waals surface area (Å²) in [7, 11) is 0. The van der Waals surface area contributed by atoms with Gasteiger partial charge in [0.2, 0.25) is 0 Å². The highest BCUT2D eigenvalue weighted by Crippen LogP contribution is 2.29. The van der Waals surface area contributed by atoms with Crippen LogP contribution in [0.2, 0.25) is 0 Å². The molecule has 2 aliphatic rings. The van der Waals surface area contributed by atoms with Crippen molar-refractivity contribution in [3.05, 3.63) is 34.9 Å². The zero-order chi connectivity index (χ0) is 13.3. The Morgan fingerprint density at radius 2 is 2.00 bits per heavy atom. The van der Waals surface area contributed by atoms with Gasteiger partial charge in [0.1, 0.15) is 0 Å². The third kappa shape index (κ3) is 2.38. The van der Waals surface area contributed by atoms with Crippen LogP contribution < -0.4 is 5.32 Å². The van der Waals surface area contributed by atoms with Crippen LogP contribution in [0.4, 0.5) is 0 Å². The molecule has 19 heavy (non-hydrogen) atoms. The van der Waals surface area contributed by atoms with Gasteiger partial charge in [0.05, 0.1) is 25.4 Å². The molecule has 1 aromatic carbocycles. The summed E-state index contributed by atoms with van der Waals surface area (Å²) in [4.78, 5) is 12.3. The third-order valence-electron chi connectivity index (χ3n) is 4.23. The molecule has 1 aromatic rings. The largest absolute Gasteiger partial charge is 0.394 e. The lowest BCUT2D eigenvalue weighted by atomic mass is 9.97. The summed E-state index contributed by atoms with van der Waals surface area (Å²) < 4.78 is 5.35. The highest BCUT2D eigenvalue weighted by molar-refractivity contribution is 5.95. The standard InChI is InChI=1S/C15H19NO3/c17-10-15(5-1-2-6-15)16-14(18)11-3-4-12-8-19-9-13(12)7-11/h3-4,7,17H,1-2,5-6,8-10H2,(H,16,18). The Labute approximate surface area is 112 Å². The number of ether oxygens (including phenoxy) is 1. The molecule has 1 amide bonds. The number of carbonyl (C=O) groups is 1. The van der Waals surface area contributed by atoms with Crippen LogP contribution >= 0.6 is 0 Å². The fourth-order valence-electron chi connectivity index (χ4n) is 3.00. The third-order valence-corrected chi connectivity index (χ3v) is 4.23. The van der Waals surface area contributed by atoms with Gasteiger partial charge in [-0.3, -0.25) is 4.79 Å². The predicted molar refractivity (Wildman–Crippen MR) is 70.7 cm³/mol. The lowest BCUT2D eigenvalue weighted by Crippen LogP contribution is -2.49. The molecule has 102 valence electrons. The Balaban J connectivity index is 1.77. The average molecular weight is 261 g/mol. The summed E-state index contributed by atoms with van der Waals surface area (Å²) in [5, 5.41) is 12.6. The van der Waals surface area contributed by atoms with Gasteiger partial charge in [-0.1, -0.05) is 18.9 Å². The molecule has 4 nitrogen and oxygen atoms in total. The molecule has 0 saturated heterocycles. The predicted octanol–water partition coefficient (Wildman–Crippen LogP) is 1.75. The lowest BCUT2D eigenvalue weighted by molar-refractivity contribution is 0.0838. The van der Waals surface area contributed by atoms with E-state index < -0.39 is 5.54 Å². The number of carbonyl (C=O) groups excluding carboxylic acids is 1. The van der Waals surface area contributed by atoms with Gasteiger partial charge >= 0.3 is 0 Å². The van der Waals surface area contributed by atoms with Crippen molar-refractivity contribution in [2.45, 2.75) is 44.4 Å². The Morgan fingerprint density at radius 1 is 1.26 bits per heavy atom. The minimum Gasteiger partial charge on any atom is -0.394 e. The van der Waals surface area contributed by atoms with Gasteiger partial charge in [-0.15, -0.1) is 0 Å². The van der Waals surface area contributed by atoms with Gasteiger partial charge in [0.15, 0.2) is 0 Å². The zero-order valence-corrected chi connectivity index (χ0v) is 10.9. The van der Waals surface area contributed by atoms with Gasteiger partial charge in [-0.05, 0) is 36.1 Å². The molecule has 4 heteroatoms. The molecule has 3 rings (SSSR count). The summed E-state index contributed by atoms with van der Waals surface area (Å²) in [5.41, 5.74) is 2.50. The van der Waals surface area contributed by atoms with Crippen LogP contribution in [0.1, 0.15) is 47.2 Å². The van der Waals surface area contributed by atoms with Crippen molar-refractivity contribution in [3.63, 3.8) is 0 Å². The molecule has 0 spiro atoms. The van der Waals surface area contributed by atoms with Gasteiger partial charge in [-0.2, -0.15) is 0 Å². The number of amides is 1. The van der Waals surface area contributed by atoms with Crippen molar-refractivity contribution in [2.75, 3.05) is 6.61 Å². The van der Waals surface area contributed by atoms with E-state index in [1.165, 1.54) is 0 Å². The van der Waals surface area contributed by atoms with Crippen molar-refractivity contribution in [1.29, 1.82) is 0 Å². The molecule has 1 saturated carbocycles. The SMILES string of the molecule is O=C(NC1(CO)CCCC1)c1ccc2c(c1)COC2. The quantitative estimate of drug-likeness (QED) is 0.871. The van der Waals surface area contributed by atoms with Crippen LogP contribution in [0.25, 0.3) is 0 Å². The van der Waals surface area contributed by atoms with Gasteiger partial charge in [0.25, 0.3) is 5.91 Å². The number of hydrogen-bond acceptors (Lipinski definition) is 3. The number of hydrogen-bond donors (Lipinski definition) is 2. The smallest absolute Gasteiger partial charge is 0.251 e. The molecule has 0 radical (unpaired) electrons. The molecule has 2 N–H and O–H groups in total. The van der Waals surface area contributed by atoms with Gasteiger partial charge in [-0.25, -0.2) is 0 Å². The fourth-order valence-corrected chi connectivity index (χ4v) is 3.00. The van der Waals surface area contributed by atoms with E-state index >= 15 is 0 Å². The number of rotatable bonds is 3. The summed E-state index contributed by atoms with van der Waals surface area (Å²) in [5.74, 6) is -0.0920. The zero-order valence-electron chi connectivity index (χ0n) is 10.9. The van der Waals surface area contributed by atoms with Crippen LogP contribution in [0.5, 0.6) is 0 Å². The molecule has 0 bridgehead atoms. The summed E-state index contributed by atoms with van der Waals surface area (Å²) in [6, 6.07) is 5.69. The molecule has 0 unspecified atom stereocenters. The molecule has 1 fully saturated rings. The normalized spacial score (nSPS) is 20.3. The molecule has 0 atom stereocenters.